The second-order valence-electron chi connectivity index (χ2n) is 8.17. The lowest BCUT2D eigenvalue weighted by Gasteiger charge is -2.37. The topological polar surface area (TPSA) is 94.5 Å². The third-order valence-corrected chi connectivity index (χ3v) is 6.21. The molecule has 0 radical (unpaired) electrons. The minimum Gasteiger partial charge on any atom is -0.503 e. The number of Topliss-reactive ketones (excluding diaryl/α,β-unsaturated/α-hetero) is 1. The first kappa shape index (κ1) is 24.7. The summed E-state index contributed by atoms with van der Waals surface area (Å²) in [6.07, 6.45) is 1.29. The van der Waals surface area contributed by atoms with Gasteiger partial charge in [-0.25, -0.2) is 0 Å². The van der Waals surface area contributed by atoms with Gasteiger partial charge in [0.1, 0.15) is 11.5 Å². The molecule has 0 saturated heterocycles. The molecule has 0 saturated carbocycles. The molecule has 8 nitrogen and oxygen atoms in total. The number of nitrogens with zero attached hydrogens (tertiary/aromatic N) is 1. The predicted molar refractivity (Wildman–Crippen MR) is 133 cm³/mol. The van der Waals surface area contributed by atoms with Crippen LogP contribution in [0.3, 0.4) is 0 Å². The summed E-state index contributed by atoms with van der Waals surface area (Å²) in [6.45, 7) is 0.0284. The average Bonchev–Trinajstić information content (AvgIpc) is 3.18. The smallest absolute Gasteiger partial charge is 0.290 e. The van der Waals surface area contributed by atoms with E-state index in [0.29, 0.717) is 39.7 Å². The zero-order valence-electron chi connectivity index (χ0n) is 20.5. The number of carbonyl (C=O) groups is 2. The van der Waals surface area contributed by atoms with E-state index in [4.69, 9.17) is 18.9 Å². The van der Waals surface area contributed by atoms with Crippen LogP contribution in [-0.2, 0) is 16.9 Å². The predicted octanol–water partition coefficient (Wildman–Crippen LogP) is 4.28. The number of carbonyl (C=O) groups excluding carboxylic acids is 2. The molecule has 186 valence electrons. The highest BCUT2D eigenvalue weighted by Gasteiger charge is 2.52. The van der Waals surface area contributed by atoms with E-state index < -0.39 is 23.0 Å². The lowest BCUT2D eigenvalue weighted by molar-refractivity contribution is -0.131. The summed E-state index contributed by atoms with van der Waals surface area (Å²) in [4.78, 5) is 29.0. The van der Waals surface area contributed by atoms with Crippen molar-refractivity contribution in [2.45, 2.75) is 12.1 Å². The highest BCUT2D eigenvalue weighted by molar-refractivity contribution is 6.11. The maximum atomic E-state index is 14.3. The third-order valence-electron chi connectivity index (χ3n) is 6.21. The lowest BCUT2D eigenvalue weighted by Crippen LogP contribution is -2.49. The van der Waals surface area contributed by atoms with Gasteiger partial charge in [0.2, 0.25) is 0 Å². The number of benzene rings is 3. The van der Waals surface area contributed by atoms with Crippen LogP contribution in [-0.4, -0.2) is 50.1 Å². The summed E-state index contributed by atoms with van der Waals surface area (Å²) in [5.41, 5.74) is -0.225. The van der Waals surface area contributed by atoms with Gasteiger partial charge in [-0.05, 0) is 47.5 Å². The van der Waals surface area contributed by atoms with E-state index in [9.17, 15) is 14.7 Å². The summed E-state index contributed by atoms with van der Waals surface area (Å²) in [5.74, 6) is 0.303. The van der Waals surface area contributed by atoms with Gasteiger partial charge in [0, 0.05) is 18.2 Å². The molecule has 1 amide bonds. The van der Waals surface area contributed by atoms with Crippen LogP contribution in [0.5, 0.6) is 23.0 Å². The number of aliphatic hydroxyl groups excluding tert-OH is 1. The average molecular weight is 490 g/mol. The molecule has 0 spiro atoms. The Morgan fingerprint density at radius 1 is 0.833 bits per heavy atom. The van der Waals surface area contributed by atoms with Crippen molar-refractivity contribution >= 4 is 11.7 Å². The lowest BCUT2D eigenvalue weighted by atomic mass is 9.81. The summed E-state index contributed by atoms with van der Waals surface area (Å²) in [5, 5.41) is 10.7. The Hall–Kier alpha value is -4.46. The van der Waals surface area contributed by atoms with Crippen LogP contribution in [0.1, 0.15) is 21.5 Å². The number of hydrogen-bond acceptors (Lipinski definition) is 7. The number of hydrogen-bond donors (Lipinski definition) is 1. The molecule has 1 unspecified atom stereocenters. The Bertz CT molecular complexity index is 1330. The van der Waals surface area contributed by atoms with Crippen LogP contribution in [0.2, 0.25) is 0 Å². The number of aliphatic hydroxyl groups is 1. The third kappa shape index (κ3) is 4.22. The Kier molecular flexibility index (Phi) is 6.87. The molecule has 1 aliphatic rings. The Labute approximate surface area is 209 Å². The van der Waals surface area contributed by atoms with Gasteiger partial charge in [0.05, 0.1) is 28.4 Å². The van der Waals surface area contributed by atoms with Gasteiger partial charge < -0.3 is 29.0 Å². The van der Waals surface area contributed by atoms with Gasteiger partial charge in [-0.1, -0.05) is 30.3 Å². The number of methoxy groups -OCH3 is 4. The van der Waals surface area contributed by atoms with Crippen LogP contribution in [0, 0.1) is 0 Å². The molecule has 1 N–H and O–H groups in total. The number of ketones is 1. The number of amides is 1. The summed E-state index contributed by atoms with van der Waals surface area (Å²) in [7, 11) is 6.05. The molecule has 1 aliphatic heterocycles. The molecule has 4 rings (SSSR count). The Morgan fingerprint density at radius 2 is 1.50 bits per heavy atom. The fraction of sp³-hybridized carbons (Fsp3) is 0.214. The zero-order valence-corrected chi connectivity index (χ0v) is 20.5. The van der Waals surface area contributed by atoms with Crippen LogP contribution in [0.15, 0.2) is 78.6 Å². The highest BCUT2D eigenvalue weighted by atomic mass is 16.5. The maximum absolute atomic E-state index is 14.3. The highest BCUT2D eigenvalue weighted by Crippen LogP contribution is 2.44. The molecule has 3 aromatic rings. The van der Waals surface area contributed by atoms with Crippen molar-refractivity contribution in [3.05, 3.63) is 95.3 Å². The van der Waals surface area contributed by atoms with E-state index in [0.717, 1.165) is 0 Å². The van der Waals surface area contributed by atoms with Crippen molar-refractivity contribution in [3.63, 3.8) is 0 Å². The summed E-state index contributed by atoms with van der Waals surface area (Å²) in [6, 6.07) is 18.8. The van der Waals surface area contributed by atoms with Crippen molar-refractivity contribution in [1.29, 1.82) is 0 Å². The van der Waals surface area contributed by atoms with E-state index in [-0.39, 0.29) is 6.54 Å². The van der Waals surface area contributed by atoms with E-state index >= 15 is 0 Å². The molecule has 3 aromatic carbocycles. The molecule has 0 bridgehead atoms. The molecular weight excluding hydrogens is 462 g/mol. The molecule has 0 fully saturated rings. The first-order valence-electron chi connectivity index (χ1n) is 11.2. The standard InChI is InChI=1S/C28H27NO7/c1-33-21-9-5-7-18(13-21)17-29-27(32)23(30)16-28(29,20-11-12-24(35-3)25(15-20)36-4)26(31)19-8-6-10-22(14-19)34-2/h5-16,30H,17H2,1-4H3. The summed E-state index contributed by atoms with van der Waals surface area (Å²) < 4.78 is 21.5. The van der Waals surface area contributed by atoms with Crippen LogP contribution >= 0.6 is 0 Å². The molecule has 0 aromatic heterocycles. The first-order valence-corrected chi connectivity index (χ1v) is 11.2. The zero-order chi connectivity index (χ0) is 25.9. The fourth-order valence-corrected chi connectivity index (χ4v) is 4.40. The summed E-state index contributed by atoms with van der Waals surface area (Å²) >= 11 is 0. The Morgan fingerprint density at radius 3 is 2.17 bits per heavy atom. The van der Waals surface area contributed by atoms with Gasteiger partial charge in [-0.2, -0.15) is 0 Å². The van der Waals surface area contributed by atoms with E-state index in [1.54, 1.807) is 67.8 Å². The van der Waals surface area contributed by atoms with Gasteiger partial charge in [-0.15, -0.1) is 0 Å². The van der Waals surface area contributed by atoms with Crippen molar-refractivity contribution in [3.8, 4) is 23.0 Å². The second kappa shape index (κ2) is 10.0. The minimum absolute atomic E-state index is 0.0284. The molecule has 36 heavy (non-hydrogen) atoms. The second-order valence-corrected chi connectivity index (χ2v) is 8.17. The van der Waals surface area contributed by atoms with Gasteiger partial charge in [-0.3, -0.25) is 9.59 Å². The normalized spacial score (nSPS) is 16.9. The molecule has 0 aliphatic carbocycles. The largest absolute Gasteiger partial charge is 0.503 e. The number of rotatable bonds is 9. The van der Waals surface area contributed by atoms with Crippen molar-refractivity contribution in [2.75, 3.05) is 28.4 Å². The van der Waals surface area contributed by atoms with Crippen molar-refractivity contribution < 1.29 is 33.6 Å². The minimum atomic E-state index is -1.67. The molecule has 8 heteroatoms. The van der Waals surface area contributed by atoms with E-state index in [2.05, 4.69) is 0 Å². The fourth-order valence-electron chi connectivity index (χ4n) is 4.40. The number of ether oxygens (including phenoxy) is 4. The monoisotopic (exact) mass is 489 g/mol. The van der Waals surface area contributed by atoms with Crippen molar-refractivity contribution in [2.24, 2.45) is 0 Å². The van der Waals surface area contributed by atoms with Crippen LogP contribution in [0.25, 0.3) is 0 Å². The first-order chi connectivity index (χ1) is 17.4. The van der Waals surface area contributed by atoms with Gasteiger partial charge in [0.15, 0.2) is 28.6 Å². The van der Waals surface area contributed by atoms with Crippen LogP contribution in [0.4, 0.5) is 0 Å². The van der Waals surface area contributed by atoms with E-state index in [1.807, 2.05) is 6.07 Å². The SMILES string of the molecule is COc1cccc(CN2C(=O)C(O)=CC2(C(=O)c2cccc(OC)c2)c2ccc(OC)c(OC)c2)c1. The van der Waals surface area contributed by atoms with Crippen LogP contribution < -0.4 is 18.9 Å². The van der Waals surface area contributed by atoms with Crippen molar-refractivity contribution in [1.82, 2.24) is 4.90 Å². The maximum Gasteiger partial charge on any atom is 0.290 e. The van der Waals surface area contributed by atoms with Gasteiger partial charge >= 0.3 is 0 Å². The Balaban J connectivity index is 1.94. The molecule has 1 heterocycles. The van der Waals surface area contributed by atoms with Gasteiger partial charge in [0.25, 0.3) is 5.91 Å². The quantitative estimate of drug-likeness (QED) is 0.448. The van der Waals surface area contributed by atoms with E-state index in [1.165, 1.54) is 32.3 Å². The molecular formula is C28H27NO7. The molecule has 1 atom stereocenters.